The minimum absolute atomic E-state index is 0.250. The van der Waals surface area contributed by atoms with Crippen LogP contribution < -0.4 is 5.73 Å². The van der Waals surface area contributed by atoms with Gasteiger partial charge in [0.1, 0.15) is 10.6 Å². The van der Waals surface area contributed by atoms with Gasteiger partial charge in [-0.2, -0.15) is 19.2 Å². The number of fused-ring (bicyclic) bond motifs is 2. The number of rotatable bonds is 2. The number of aromatic nitrogens is 4. The number of halogens is 1. The lowest BCUT2D eigenvalue weighted by Gasteiger charge is -2.22. The number of nitrogens with zero attached hydrogens (tertiary/aromatic N) is 4. The molecule has 0 atom stereocenters. The van der Waals surface area contributed by atoms with Crippen molar-refractivity contribution in [3.63, 3.8) is 0 Å². The lowest BCUT2D eigenvalue weighted by atomic mass is 9.87. The predicted molar refractivity (Wildman–Crippen MR) is 115 cm³/mol. The van der Waals surface area contributed by atoms with Crippen LogP contribution in [0.2, 0.25) is 0 Å². The molecule has 0 aliphatic heterocycles. The van der Waals surface area contributed by atoms with Crippen molar-refractivity contribution >= 4 is 55.1 Å². The fourth-order valence-electron chi connectivity index (χ4n) is 3.87. The van der Waals surface area contributed by atoms with Crippen LogP contribution in [-0.4, -0.2) is 25.7 Å². The highest BCUT2D eigenvalue weighted by atomic mass is 79.9. The Morgan fingerprint density at radius 3 is 2.72 bits per heavy atom. The van der Waals surface area contributed by atoms with Gasteiger partial charge < -0.3 is 5.73 Å². The molecule has 0 spiro atoms. The number of anilines is 1. The molecular formula is C20H18BrN5O2S. The SMILES string of the molecule is Nc1c(Br)c(C2CCCCC2)nc2c(-c3cnc4sccc4c3)cnn12.O=C=O. The molecule has 0 aromatic carbocycles. The zero-order valence-corrected chi connectivity index (χ0v) is 17.9. The number of nitrogens with two attached hydrogens (primary N) is 1. The maximum Gasteiger partial charge on any atom is 0.373 e. The molecular weight excluding hydrogens is 454 g/mol. The van der Waals surface area contributed by atoms with Gasteiger partial charge in [0.25, 0.3) is 0 Å². The first-order valence-electron chi connectivity index (χ1n) is 9.29. The normalized spacial score (nSPS) is 14.5. The number of hydrogen-bond donors (Lipinski definition) is 1. The summed E-state index contributed by atoms with van der Waals surface area (Å²) in [5.41, 5.74) is 10.3. The summed E-state index contributed by atoms with van der Waals surface area (Å²) in [5, 5.41) is 7.69. The lowest BCUT2D eigenvalue weighted by molar-refractivity contribution is -0.191. The summed E-state index contributed by atoms with van der Waals surface area (Å²) in [6.45, 7) is 0. The van der Waals surface area contributed by atoms with Crippen molar-refractivity contribution in [3.05, 3.63) is 40.1 Å². The molecule has 0 saturated heterocycles. The zero-order chi connectivity index (χ0) is 20.4. The van der Waals surface area contributed by atoms with Crippen molar-refractivity contribution < 1.29 is 9.59 Å². The van der Waals surface area contributed by atoms with Crippen LogP contribution in [0.15, 0.2) is 34.4 Å². The maximum atomic E-state index is 8.12. The largest absolute Gasteiger partial charge is 0.383 e. The molecule has 2 N–H and O–H groups in total. The van der Waals surface area contributed by atoms with Gasteiger partial charge in [-0.15, -0.1) is 11.3 Å². The average Bonchev–Trinajstić information content (AvgIpc) is 3.38. The predicted octanol–water partition coefficient (Wildman–Crippen LogP) is 4.81. The third kappa shape index (κ3) is 3.69. The minimum Gasteiger partial charge on any atom is -0.383 e. The van der Waals surface area contributed by atoms with Gasteiger partial charge in [-0.1, -0.05) is 19.3 Å². The molecule has 148 valence electrons. The second kappa shape index (κ2) is 8.41. The fourth-order valence-corrected chi connectivity index (χ4v) is 5.17. The van der Waals surface area contributed by atoms with Crippen LogP contribution in [0.1, 0.15) is 43.7 Å². The Kier molecular flexibility index (Phi) is 5.71. The molecule has 29 heavy (non-hydrogen) atoms. The molecule has 9 heteroatoms. The van der Waals surface area contributed by atoms with Gasteiger partial charge in [0.05, 0.1) is 16.4 Å². The van der Waals surface area contributed by atoms with Crippen LogP contribution >= 0.6 is 27.3 Å². The third-order valence-electron chi connectivity index (χ3n) is 5.26. The van der Waals surface area contributed by atoms with Gasteiger partial charge >= 0.3 is 6.15 Å². The van der Waals surface area contributed by atoms with E-state index in [1.807, 2.05) is 12.4 Å². The van der Waals surface area contributed by atoms with Crippen molar-refractivity contribution in [2.45, 2.75) is 38.0 Å². The van der Waals surface area contributed by atoms with Crippen molar-refractivity contribution in [1.82, 2.24) is 19.6 Å². The van der Waals surface area contributed by atoms with Crippen LogP contribution in [0, 0.1) is 0 Å². The summed E-state index contributed by atoms with van der Waals surface area (Å²) >= 11 is 5.32. The highest BCUT2D eigenvalue weighted by Gasteiger charge is 2.24. The Morgan fingerprint density at radius 2 is 1.97 bits per heavy atom. The quantitative estimate of drug-likeness (QED) is 0.449. The Bertz CT molecular complexity index is 1210. The summed E-state index contributed by atoms with van der Waals surface area (Å²) in [6, 6.07) is 4.24. The van der Waals surface area contributed by atoms with Gasteiger partial charge in [-0.3, -0.25) is 0 Å². The number of pyridine rings is 1. The Morgan fingerprint density at radius 1 is 1.21 bits per heavy atom. The first-order chi connectivity index (χ1) is 14.1. The van der Waals surface area contributed by atoms with Crippen molar-refractivity contribution in [2.75, 3.05) is 5.73 Å². The lowest BCUT2D eigenvalue weighted by Crippen LogP contribution is -2.11. The molecule has 1 aliphatic carbocycles. The fraction of sp³-hybridized carbons (Fsp3) is 0.300. The smallest absolute Gasteiger partial charge is 0.373 e. The van der Waals surface area contributed by atoms with Gasteiger partial charge in [0.15, 0.2) is 5.65 Å². The summed E-state index contributed by atoms with van der Waals surface area (Å²) < 4.78 is 2.61. The summed E-state index contributed by atoms with van der Waals surface area (Å²) in [6.07, 6.45) is 10.2. The molecule has 1 saturated carbocycles. The third-order valence-corrected chi connectivity index (χ3v) is 6.91. The monoisotopic (exact) mass is 471 g/mol. The number of carbonyl (C=O) groups excluding carboxylic acids is 2. The standard InChI is InChI=1S/C19H18BrN5S.CO2/c20-15-16(11-4-2-1-3-5-11)24-18-14(10-23-25(18)17(15)21)13-8-12-6-7-26-19(12)22-9-13;2-1-3/h6-11H,1-5,21H2;. The Balaban J connectivity index is 0.000000645. The molecule has 0 unspecified atom stereocenters. The van der Waals surface area contributed by atoms with E-state index in [9.17, 15) is 0 Å². The van der Waals surface area contributed by atoms with Crippen LogP contribution in [0.4, 0.5) is 5.82 Å². The molecule has 0 bridgehead atoms. The van der Waals surface area contributed by atoms with E-state index >= 15 is 0 Å². The molecule has 4 aromatic rings. The molecule has 7 nitrogen and oxygen atoms in total. The second-order valence-electron chi connectivity index (χ2n) is 6.95. The van der Waals surface area contributed by atoms with E-state index in [4.69, 9.17) is 20.3 Å². The van der Waals surface area contributed by atoms with Gasteiger partial charge in [-0.05, 0) is 46.3 Å². The molecule has 0 radical (unpaired) electrons. The van der Waals surface area contributed by atoms with E-state index in [2.05, 4.69) is 43.5 Å². The number of thiophene rings is 1. The van der Waals surface area contributed by atoms with Crippen LogP contribution in [0.25, 0.3) is 27.0 Å². The Hall–Kier alpha value is -2.61. The van der Waals surface area contributed by atoms with E-state index in [1.54, 1.807) is 15.9 Å². The van der Waals surface area contributed by atoms with Crippen LogP contribution in [-0.2, 0) is 9.59 Å². The molecule has 4 heterocycles. The summed E-state index contributed by atoms with van der Waals surface area (Å²) in [5.74, 6) is 1.08. The maximum absolute atomic E-state index is 8.12. The van der Waals surface area contributed by atoms with Crippen molar-refractivity contribution in [1.29, 1.82) is 0 Å². The van der Waals surface area contributed by atoms with E-state index in [0.717, 1.165) is 37.2 Å². The topological polar surface area (TPSA) is 103 Å². The summed E-state index contributed by atoms with van der Waals surface area (Å²) in [7, 11) is 0. The second-order valence-corrected chi connectivity index (χ2v) is 8.63. The van der Waals surface area contributed by atoms with E-state index in [0.29, 0.717) is 11.7 Å². The van der Waals surface area contributed by atoms with Gasteiger partial charge in [-0.25, -0.2) is 9.97 Å². The van der Waals surface area contributed by atoms with Crippen LogP contribution in [0.3, 0.4) is 0 Å². The first kappa shape index (κ1) is 19.7. The van der Waals surface area contributed by atoms with E-state index < -0.39 is 0 Å². The number of nitrogen functional groups attached to an aromatic ring is 1. The molecule has 5 rings (SSSR count). The summed E-state index contributed by atoms with van der Waals surface area (Å²) in [4.78, 5) is 26.9. The van der Waals surface area contributed by atoms with Crippen molar-refractivity contribution in [3.8, 4) is 11.1 Å². The highest BCUT2D eigenvalue weighted by Crippen LogP contribution is 2.39. The Labute approximate surface area is 179 Å². The van der Waals surface area contributed by atoms with E-state index in [1.165, 1.54) is 32.1 Å². The molecule has 4 aromatic heterocycles. The molecule has 1 aliphatic rings. The number of hydrogen-bond acceptors (Lipinski definition) is 7. The van der Waals surface area contributed by atoms with E-state index in [-0.39, 0.29) is 6.15 Å². The average molecular weight is 472 g/mol. The first-order valence-corrected chi connectivity index (χ1v) is 11.0. The van der Waals surface area contributed by atoms with Gasteiger partial charge in [0.2, 0.25) is 0 Å². The zero-order valence-electron chi connectivity index (χ0n) is 15.5. The minimum atomic E-state index is 0.250. The molecule has 0 amide bonds. The van der Waals surface area contributed by atoms with Crippen molar-refractivity contribution in [2.24, 2.45) is 0 Å². The highest BCUT2D eigenvalue weighted by molar-refractivity contribution is 9.10. The van der Waals surface area contributed by atoms with Gasteiger partial charge in [0, 0.05) is 28.6 Å². The molecule has 1 fully saturated rings. The van der Waals surface area contributed by atoms with Crippen LogP contribution in [0.5, 0.6) is 0 Å².